The second-order valence-corrected chi connectivity index (χ2v) is 9.57. The monoisotopic (exact) mass is 460 g/mol. The maximum absolute atomic E-state index is 12.9. The van der Waals surface area contributed by atoms with Crippen molar-refractivity contribution in [2.24, 2.45) is 17.8 Å². The van der Waals surface area contributed by atoms with Crippen molar-refractivity contribution >= 4 is 35.1 Å². The number of para-hydroxylation sites is 1. The van der Waals surface area contributed by atoms with Crippen LogP contribution in [0.5, 0.6) is 5.75 Å². The van der Waals surface area contributed by atoms with Crippen molar-refractivity contribution in [1.82, 2.24) is 0 Å². The molecule has 3 fully saturated rings. The number of anilines is 2. The van der Waals surface area contributed by atoms with Crippen LogP contribution in [0.4, 0.5) is 11.4 Å². The Morgan fingerprint density at radius 3 is 2.21 bits per heavy atom. The number of hydrogen-bond donors (Lipinski definition) is 0. The summed E-state index contributed by atoms with van der Waals surface area (Å²) >= 11 is 0. The van der Waals surface area contributed by atoms with Gasteiger partial charge in [-0.25, -0.2) is 4.90 Å². The summed E-state index contributed by atoms with van der Waals surface area (Å²) in [6, 6.07) is 12.5. The predicted molar refractivity (Wildman–Crippen MR) is 126 cm³/mol. The van der Waals surface area contributed by atoms with Gasteiger partial charge in [0, 0.05) is 18.7 Å². The summed E-state index contributed by atoms with van der Waals surface area (Å²) in [5.41, 5.74) is 3.02. The van der Waals surface area contributed by atoms with E-state index in [0.29, 0.717) is 17.0 Å². The number of carbonyl (C=O) groups is 4. The minimum atomic E-state index is -0.558. The molecule has 0 bridgehead atoms. The lowest BCUT2D eigenvalue weighted by molar-refractivity contribution is -0.139. The van der Waals surface area contributed by atoms with Gasteiger partial charge in [0.1, 0.15) is 5.75 Å². The predicted octanol–water partition coefficient (Wildman–Crippen LogP) is 3.94. The fourth-order valence-corrected chi connectivity index (χ4v) is 5.51. The van der Waals surface area contributed by atoms with Crippen LogP contribution in [0.1, 0.15) is 43.2 Å². The number of rotatable bonds is 4. The van der Waals surface area contributed by atoms with Crippen molar-refractivity contribution in [2.75, 3.05) is 16.3 Å². The van der Waals surface area contributed by atoms with E-state index in [1.54, 1.807) is 30.0 Å². The zero-order valence-electron chi connectivity index (χ0n) is 19.5. The molecule has 1 aliphatic carbocycles. The van der Waals surface area contributed by atoms with Gasteiger partial charge >= 0.3 is 5.97 Å². The summed E-state index contributed by atoms with van der Waals surface area (Å²) in [6.07, 6.45) is 3.59. The van der Waals surface area contributed by atoms with Crippen LogP contribution in [-0.2, 0) is 19.2 Å². The highest BCUT2D eigenvalue weighted by atomic mass is 16.5. The van der Waals surface area contributed by atoms with E-state index in [-0.39, 0.29) is 42.5 Å². The third-order valence-electron chi connectivity index (χ3n) is 7.33. The number of hydrogen-bond acceptors (Lipinski definition) is 5. The number of imide groups is 1. The number of benzene rings is 2. The molecule has 2 aromatic rings. The molecule has 7 heteroatoms. The molecule has 34 heavy (non-hydrogen) atoms. The topological polar surface area (TPSA) is 84.0 Å². The number of nitrogens with zero attached hydrogens (tertiary/aromatic N) is 2. The van der Waals surface area contributed by atoms with Crippen LogP contribution >= 0.6 is 0 Å². The zero-order valence-corrected chi connectivity index (χ0v) is 19.5. The molecule has 3 amide bonds. The number of esters is 1. The number of fused-ring (bicyclic) bond motifs is 1. The Labute approximate surface area is 198 Å². The van der Waals surface area contributed by atoms with Crippen LogP contribution in [0.3, 0.4) is 0 Å². The maximum Gasteiger partial charge on any atom is 0.316 e. The van der Waals surface area contributed by atoms with Crippen LogP contribution in [0.2, 0.25) is 0 Å². The molecule has 2 aromatic carbocycles. The standard InChI is InChI=1S/C27H28N2O5/c1-16-7-3-6-10-22(16)28-15-18(14-24(28)30)27(33)34-19-11-12-23(17(2)13-19)29-25(31)20-8-4-5-9-21(20)26(29)32/h3,6-7,10-13,18,20-21H,4-5,8-9,14-15H2,1-2H3/t18-,20-,21+/m0/s1. The minimum absolute atomic E-state index is 0.101. The SMILES string of the molecule is Cc1ccccc1N1C[C@@H](C(=O)Oc2ccc(N3C(=O)[C@H]4CCCC[C@H]4C3=O)c(C)c2)CC1=O. The first-order valence-electron chi connectivity index (χ1n) is 11.9. The van der Waals surface area contributed by atoms with Gasteiger partial charge < -0.3 is 9.64 Å². The Bertz CT molecular complexity index is 1170. The van der Waals surface area contributed by atoms with E-state index >= 15 is 0 Å². The molecule has 0 unspecified atom stereocenters. The lowest BCUT2D eigenvalue weighted by atomic mass is 9.81. The van der Waals surface area contributed by atoms with Gasteiger partial charge in [-0.2, -0.15) is 0 Å². The van der Waals surface area contributed by atoms with Crippen molar-refractivity contribution in [1.29, 1.82) is 0 Å². The van der Waals surface area contributed by atoms with Gasteiger partial charge in [-0.3, -0.25) is 19.2 Å². The lowest BCUT2D eigenvalue weighted by Gasteiger charge is -2.19. The Morgan fingerprint density at radius 1 is 0.882 bits per heavy atom. The van der Waals surface area contributed by atoms with Crippen molar-refractivity contribution in [2.45, 2.75) is 46.0 Å². The Hall–Kier alpha value is -3.48. The van der Waals surface area contributed by atoms with Gasteiger partial charge in [0.2, 0.25) is 17.7 Å². The Morgan fingerprint density at radius 2 is 1.56 bits per heavy atom. The van der Waals surface area contributed by atoms with Crippen LogP contribution in [-0.4, -0.2) is 30.2 Å². The number of amides is 3. The van der Waals surface area contributed by atoms with Crippen molar-refractivity contribution in [3.63, 3.8) is 0 Å². The molecule has 176 valence electrons. The van der Waals surface area contributed by atoms with Gasteiger partial charge in [0.15, 0.2) is 0 Å². The highest BCUT2D eigenvalue weighted by Gasteiger charge is 2.49. The summed E-state index contributed by atoms with van der Waals surface area (Å²) in [6.45, 7) is 4.01. The van der Waals surface area contributed by atoms with Gasteiger partial charge in [-0.05, 0) is 62.1 Å². The summed E-state index contributed by atoms with van der Waals surface area (Å²) in [7, 11) is 0. The quantitative estimate of drug-likeness (QED) is 0.392. The molecule has 7 nitrogen and oxygen atoms in total. The average Bonchev–Trinajstić information content (AvgIpc) is 3.33. The van der Waals surface area contributed by atoms with E-state index in [9.17, 15) is 19.2 Å². The fourth-order valence-electron chi connectivity index (χ4n) is 5.51. The van der Waals surface area contributed by atoms with E-state index in [2.05, 4.69) is 0 Å². The highest BCUT2D eigenvalue weighted by Crippen LogP contribution is 2.41. The molecule has 2 aliphatic heterocycles. The second-order valence-electron chi connectivity index (χ2n) is 9.57. The molecule has 1 saturated carbocycles. The maximum atomic E-state index is 12.9. The van der Waals surface area contributed by atoms with Crippen LogP contribution in [0.25, 0.3) is 0 Å². The first-order valence-corrected chi connectivity index (χ1v) is 11.9. The molecular weight excluding hydrogens is 432 g/mol. The fraction of sp³-hybridized carbons (Fsp3) is 0.407. The zero-order chi connectivity index (χ0) is 24.0. The molecule has 5 rings (SSSR count). The lowest BCUT2D eigenvalue weighted by Crippen LogP contribution is -2.31. The normalized spacial score (nSPS) is 24.5. The van der Waals surface area contributed by atoms with E-state index in [1.807, 2.05) is 31.2 Å². The number of aryl methyl sites for hydroxylation is 2. The van der Waals surface area contributed by atoms with Gasteiger partial charge in [0.25, 0.3) is 0 Å². The van der Waals surface area contributed by atoms with Crippen LogP contribution < -0.4 is 14.5 Å². The number of carbonyl (C=O) groups excluding carboxylic acids is 4. The molecule has 0 radical (unpaired) electrons. The first kappa shape index (κ1) is 22.3. The minimum Gasteiger partial charge on any atom is -0.426 e. The molecule has 0 aromatic heterocycles. The third kappa shape index (κ3) is 3.79. The van der Waals surface area contributed by atoms with Crippen molar-refractivity contribution in [3.8, 4) is 5.75 Å². The van der Waals surface area contributed by atoms with E-state index in [0.717, 1.165) is 36.9 Å². The van der Waals surface area contributed by atoms with Crippen LogP contribution in [0.15, 0.2) is 42.5 Å². The molecule has 3 aliphatic rings. The molecule has 2 heterocycles. The smallest absolute Gasteiger partial charge is 0.316 e. The molecule has 0 N–H and O–H groups in total. The van der Waals surface area contributed by atoms with E-state index in [1.165, 1.54) is 4.90 Å². The summed E-state index contributed by atoms with van der Waals surface area (Å²) < 4.78 is 5.60. The van der Waals surface area contributed by atoms with Crippen molar-refractivity contribution < 1.29 is 23.9 Å². The van der Waals surface area contributed by atoms with E-state index < -0.39 is 11.9 Å². The van der Waals surface area contributed by atoms with Gasteiger partial charge in [-0.1, -0.05) is 31.0 Å². The molecule has 3 atom stereocenters. The van der Waals surface area contributed by atoms with E-state index in [4.69, 9.17) is 4.74 Å². The Kier molecular flexibility index (Phi) is 5.71. The van der Waals surface area contributed by atoms with Gasteiger partial charge in [-0.15, -0.1) is 0 Å². The highest BCUT2D eigenvalue weighted by molar-refractivity contribution is 6.22. The summed E-state index contributed by atoms with van der Waals surface area (Å²) in [5.74, 6) is -1.46. The summed E-state index contributed by atoms with van der Waals surface area (Å²) in [5, 5.41) is 0. The third-order valence-corrected chi connectivity index (χ3v) is 7.33. The first-order chi connectivity index (χ1) is 16.3. The van der Waals surface area contributed by atoms with Crippen molar-refractivity contribution in [3.05, 3.63) is 53.6 Å². The number of ether oxygens (including phenoxy) is 1. The molecule has 2 saturated heterocycles. The second kappa shape index (κ2) is 8.70. The molecule has 0 spiro atoms. The van der Waals surface area contributed by atoms with Gasteiger partial charge in [0.05, 0.1) is 23.4 Å². The Balaban J connectivity index is 1.29. The average molecular weight is 461 g/mol. The largest absolute Gasteiger partial charge is 0.426 e. The molecular formula is C27H28N2O5. The summed E-state index contributed by atoms with van der Waals surface area (Å²) in [4.78, 5) is 54.2. The van der Waals surface area contributed by atoms with Crippen LogP contribution in [0, 0.1) is 31.6 Å².